The third-order valence-electron chi connectivity index (χ3n) is 2.21. The number of hydrogen-bond donors (Lipinski definition) is 1. The third-order valence-corrected chi connectivity index (χ3v) is 2.79. The lowest BCUT2D eigenvalue weighted by Crippen LogP contribution is -2.34. The molecule has 1 aromatic rings. The van der Waals surface area contributed by atoms with Crippen molar-refractivity contribution in [2.24, 2.45) is 0 Å². The third kappa shape index (κ3) is 3.87. The molecule has 17 heavy (non-hydrogen) atoms. The van der Waals surface area contributed by atoms with E-state index in [0.29, 0.717) is 15.6 Å². The summed E-state index contributed by atoms with van der Waals surface area (Å²) in [4.78, 5) is 11.7. The second-order valence-corrected chi connectivity index (χ2v) is 4.79. The lowest BCUT2D eigenvalue weighted by atomic mass is 10.1. The van der Waals surface area contributed by atoms with Gasteiger partial charge < -0.3 is 4.74 Å². The van der Waals surface area contributed by atoms with Crippen LogP contribution in [-0.2, 0) is 9.53 Å². The summed E-state index contributed by atoms with van der Waals surface area (Å²) < 4.78 is 4.76. The summed E-state index contributed by atoms with van der Waals surface area (Å²) in [6.45, 7) is 3.88. The van der Waals surface area contributed by atoms with Gasteiger partial charge >= 0.3 is 5.97 Å². The quantitative estimate of drug-likeness (QED) is 0.858. The van der Waals surface area contributed by atoms with Crippen LogP contribution in [0.25, 0.3) is 0 Å². The molecule has 0 heterocycles. The number of carbonyl (C=O) groups is 1. The maximum atomic E-state index is 11.7. The average Bonchev–Trinajstić information content (AvgIpc) is 2.28. The molecule has 1 aromatic carbocycles. The highest BCUT2D eigenvalue weighted by atomic mass is 35.5. The van der Waals surface area contributed by atoms with E-state index in [2.05, 4.69) is 5.32 Å². The maximum Gasteiger partial charge on any atom is 0.327 e. The van der Waals surface area contributed by atoms with Gasteiger partial charge in [0.15, 0.2) is 0 Å². The van der Waals surface area contributed by atoms with E-state index in [0.717, 1.165) is 0 Å². The van der Waals surface area contributed by atoms with E-state index >= 15 is 0 Å². The molecule has 0 bridgehead atoms. The lowest BCUT2D eigenvalue weighted by molar-refractivity contribution is -0.143. The highest BCUT2D eigenvalue weighted by molar-refractivity contribution is 6.33. The van der Waals surface area contributed by atoms with Crippen LogP contribution in [0.5, 0.6) is 0 Å². The Hall–Kier alpha value is -0.770. The SMILES string of the molecule is COC(=O)C(NC(C)C)c1cc(Cl)ccc1Cl. The van der Waals surface area contributed by atoms with Crippen LogP contribution in [0.15, 0.2) is 18.2 Å². The molecule has 0 amide bonds. The van der Waals surface area contributed by atoms with Crippen LogP contribution in [0.4, 0.5) is 0 Å². The predicted molar refractivity (Wildman–Crippen MR) is 69.5 cm³/mol. The molecule has 0 aliphatic heterocycles. The van der Waals surface area contributed by atoms with Gasteiger partial charge in [0.25, 0.3) is 0 Å². The van der Waals surface area contributed by atoms with Gasteiger partial charge in [0.1, 0.15) is 6.04 Å². The Balaban J connectivity index is 3.11. The fourth-order valence-electron chi connectivity index (χ4n) is 1.47. The standard InChI is InChI=1S/C12H15Cl2NO2/c1-7(2)15-11(12(16)17-3)9-6-8(13)4-5-10(9)14/h4-7,11,15H,1-3H3. The van der Waals surface area contributed by atoms with Crippen LogP contribution in [-0.4, -0.2) is 19.1 Å². The summed E-state index contributed by atoms with van der Waals surface area (Å²) in [6, 6.07) is 4.52. The molecule has 0 saturated heterocycles. The van der Waals surface area contributed by atoms with Crippen molar-refractivity contribution >= 4 is 29.2 Å². The topological polar surface area (TPSA) is 38.3 Å². The van der Waals surface area contributed by atoms with Gasteiger partial charge in [-0.15, -0.1) is 0 Å². The first kappa shape index (κ1) is 14.3. The highest BCUT2D eigenvalue weighted by Gasteiger charge is 2.24. The molecule has 5 heteroatoms. The van der Waals surface area contributed by atoms with E-state index in [1.165, 1.54) is 7.11 Å². The molecule has 0 fully saturated rings. The molecule has 0 radical (unpaired) electrons. The number of nitrogens with one attached hydrogen (secondary N) is 1. The minimum Gasteiger partial charge on any atom is -0.468 e. The summed E-state index contributed by atoms with van der Waals surface area (Å²) in [5.41, 5.74) is 0.625. The van der Waals surface area contributed by atoms with Crippen LogP contribution in [0, 0.1) is 0 Å². The molecule has 1 unspecified atom stereocenters. The second kappa shape index (κ2) is 6.24. The monoisotopic (exact) mass is 275 g/mol. The Morgan fingerprint density at radius 2 is 2.00 bits per heavy atom. The van der Waals surface area contributed by atoms with Gasteiger partial charge in [0.2, 0.25) is 0 Å². The fourth-order valence-corrected chi connectivity index (χ4v) is 1.88. The maximum absolute atomic E-state index is 11.7. The lowest BCUT2D eigenvalue weighted by Gasteiger charge is -2.20. The molecule has 1 atom stereocenters. The molecule has 1 rings (SSSR count). The van der Waals surface area contributed by atoms with Crippen LogP contribution in [0.2, 0.25) is 10.0 Å². The first-order chi connectivity index (χ1) is 7.95. The predicted octanol–water partition coefficient (Wildman–Crippen LogP) is 3.21. The summed E-state index contributed by atoms with van der Waals surface area (Å²) in [5.74, 6) is -0.386. The molecule has 94 valence electrons. The zero-order valence-electron chi connectivity index (χ0n) is 9.96. The molecule has 0 spiro atoms. The molecule has 1 N–H and O–H groups in total. The average molecular weight is 276 g/mol. The van der Waals surface area contributed by atoms with Crippen molar-refractivity contribution in [1.29, 1.82) is 0 Å². The van der Waals surface area contributed by atoms with Crippen molar-refractivity contribution < 1.29 is 9.53 Å². The second-order valence-electron chi connectivity index (χ2n) is 3.94. The molecular formula is C12H15Cl2NO2. The van der Waals surface area contributed by atoms with Gasteiger partial charge in [-0.2, -0.15) is 0 Å². The number of esters is 1. The number of hydrogen-bond acceptors (Lipinski definition) is 3. The summed E-state index contributed by atoms with van der Waals surface area (Å²) in [5, 5.41) is 4.11. The number of ether oxygens (including phenoxy) is 1. The zero-order chi connectivity index (χ0) is 13.0. The van der Waals surface area contributed by atoms with Crippen LogP contribution in [0.3, 0.4) is 0 Å². The Kier molecular flexibility index (Phi) is 5.25. The van der Waals surface area contributed by atoms with Crippen LogP contribution < -0.4 is 5.32 Å². The Labute approximate surface area is 111 Å². The summed E-state index contributed by atoms with van der Waals surface area (Å²) in [6.07, 6.45) is 0. The largest absolute Gasteiger partial charge is 0.468 e. The van der Waals surface area contributed by atoms with E-state index in [1.807, 2.05) is 13.8 Å². The van der Waals surface area contributed by atoms with Crippen molar-refractivity contribution in [2.75, 3.05) is 7.11 Å². The minimum atomic E-state index is -0.605. The molecule has 0 saturated carbocycles. The fraction of sp³-hybridized carbons (Fsp3) is 0.417. The Morgan fingerprint density at radius 1 is 1.35 bits per heavy atom. The van der Waals surface area contributed by atoms with Gasteiger partial charge in [-0.1, -0.05) is 23.2 Å². The van der Waals surface area contributed by atoms with E-state index in [9.17, 15) is 4.79 Å². The number of rotatable bonds is 4. The number of carbonyl (C=O) groups excluding carboxylic acids is 1. The van der Waals surface area contributed by atoms with Gasteiger partial charge in [0, 0.05) is 21.7 Å². The zero-order valence-corrected chi connectivity index (χ0v) is 11.5. The number of benzene rings is 1. The Morgan fingerprint density at radius 3 is 2.53 bits per heavy atom. The van der Waals surface area contributed by atoms with Crippen molar-refractivity contribution in [3.8, 4) is 0 Å². The van der Waals surface area contributed by atoms with E-state index < -0.39 is 6.04 Å². The van der Waals surface area contributed by atoms with E-state index in [4.69, 9.17) is 27.9 Å². The summed E-state index contributed by atoms with van der Waals surface area (Å²) in [7, 11) is 1.34. The molecule has 0 aliphatic rings. The van der Waals surface area contributed by atoms with Crippen molar-refractivity contribution in [3.05, 3.63) is 33.8 Å². The van der Waals surface area contributed by atoms with Crippen LogP contribution in [0.1, 0.15) is 25.5 Å². The first-order valence-electron chi connectivity index (χ1n) is 5.24. The Bertz CT molecular complexity index is 407. The van der Waals surface area contributed by atoms with E-state index in [-0.39, 0.29) is 12.0 Å². The normalized spacial score (nSPS) is 12.6. The molecule has 0 aliphatic carbocycles. The van der Waals surface area contributed by atoms with Gasteiger partial charge in [-0.3, -0.25) is 5.32 Å². The molecular weight excluding hydrogens is 261 g/mol. The molecule has 0 aromatic heterocycles. The number of methoxy groups -OCH3 is 1. The van der Waals surface area contributed by atoms with Crippen molar-refractivity contribution in [3.63, 3.8) is 0 Å². The minimum absolute atomic E-state index is 0.120. The van der Waals surface area contributed by atoms with Gasteiger partial charge in [-0.05, 0) is 32.0 Å². The summed E-state index contributed by atoms with van der Waals surface area (Å²) >= 11 is 12.0. The van der Waals surface area contributed by atoms with E-state index in [1.54, 1.807) is 18.2 Å². The van der Waals surface area contributed by atoms with Gasteiger partial charge in [0.05, 0.1) is 7.11 Å². The van der Waals surface area contributed by atoms with Gasteiger partial charge in [-0.25, -0.2) is 4.79 Å². The first-order valence-corrected chi connectivity index (χ1v) is 6.00. The van der Waals surface area contributed by atoms with Crippen molar-refractivity contribution in [2.45, 2.75) is 25.9 Å². The smallest absolute Gasteiger partial charge is 0.327 e. The number of halogens is 2. The molecule has 3 nitrogen and oxygen atoms in total. The highest BCUT2D eigenvalue weighted by Crippen LogP contribution is 2.27. The van der Waals surface area contributed by atoms with Crippen molar-refractivity contribution in [1.82, 2.24) is 5.32 Å². The van der Waals surface area contributed by atoms with Crippen LogP contribution >= 0.6 is 23.2 Å².